The summed E-state index contributed by atoms with van der Waals surface area (Å²) >= 11 is 1.54. The molecule has 5 heteroatoms. The predicted molar refractivity (Wildman–Crippen MR) is 121 cm³/mol. The Balaban J connectivity index is 1.66. The van der Waals surface area contributed by atoms with Crippen LogP contribution in [-0.4, -0.2) is 18.1 Å². The Hall–Kier alpha value is -3.18. The maximum absolute atomic E-state index is 12.8. The van der Waals surface area contributed by atoms with E-state index in [1.807, 2.05) is 36.4 Å². The molecule has 0 radical (unpaired) electrons. The summed E-state index contributed by atoms with van der Waals surface area (Å²) < 4.78 is 7.19. The SMILES string of the molecule is CCN(CC)c1ccc2cc3cc(-c4nc5ccccc5s4)c(=O)cc-3oc2c1. The summed E-state index contributed by atoms with van der Waals surface area (Å²) in [4.78, 5) is 19.7. The first-order valence-electron chi connectivity index (χ1n) is 9.79. The molecule has 0 amide bonds. The van der Waals surface area contributed by atoms with Crippen molar-refractivity contribution in [1.82, 2.24) is 4.98 Å². The van der Waals surface area contributed by atoms with Gasteiger partial charge in [-0.2, -0.15) is 0 Å². The van der Waals surface area contributed by atoms with Gasteiger partial charge in [-0.15, -0.1) is 11.3 Å². The number of fused-ring (bicyclic) bond motifs is 3. The normalized spacial score (nSPS) is 11.5. The van der Waals surface area contributed by atoms with Crippen molar-refractivity contribution in [2.24, 2.45) is 0 Å². The van der Waals surface area contributed by atoms with Gasteiger partial charge in [0.15, 0.2) is 5.43 Å². The van der Waals surface area contributed by atoms with Crippen LogP contribution in [0.4, 0.5) is 5.69 Å². The Labute approximate surface area is 172 Å². The summed E-state index contributed by atoms with van der Waals surface area (Å²) in [6, 6.07) is 19.8. The van der Waals surface area contributed by atoms with E-state index in [1.165, 1.54) is 11.3 Å². The number of rotatable bonds is 4. The van der Waals surface area contributed by atoms with Crippen molar-refractivity contribution in [3.8, 4) is 21.9 Å². The molecule has 0 atom stereocenters. The number of anilines is 1. The third-order valence-corrected chi connectivity index (χ3v) is 6.36. The van der Waals surface area contributed by atoms with Crippen LogP contribution in [0, 0.1) is 0 Å². The minimum atomic E-state index is -0.0699. The third kappa shape index (κ3) is 3.08. The quantitative estimate of drug-likeness (QED) is 0.346. The van der Waals surface area contributed by atoms with Gasteiger partial charge in [-0.3, -0.25) is 4.79 Å². The maximum atomic E-state index is 12.8. The van der Waals surface area contributed by atoms with E-state index < -0.39 is 0 Å². The summed E-state index contributed by atoms with van der Waals surface area (Å²) in [5.41, 5.74) is 4.28. The Bertz CT molecular complexity index is 1330. The molecule has 1 aliphatic carbocycles. The molecule has 0 spiro atoms. The van der Waals surface area contributed by atoms with E-state index in [0.29, 0.717) is 11.3 Å². The molecule has 0 saturated carbocycles. The standard InChI is InChI=1S/C24H20N2O2S/c1-3-26(4-2)17-10-9-15-11-16-12-18(20(27)14-22(16)28-21(15)13-17)24-25-19-7-5-6-8-23(19)29-24/h5-14H,3-4H2,1-2H3. The average molecular weight is 401 g/mol. The van der Waals surface area contributed by atoms with E-state index in [4.69, 9.17) is 4.42 Å². The number of hydrogen-bond acceptors (Lipinski definition) is 5. The summed E-state index contributed by atoms with van der Waals surface area (Å²) in [5, 5.41) is 1.76. The maximum Gasteiger partial charge on any atom is 0.192 e. The second-order valence-electron chi connectivity index (χ2n) is 7.01. The Morgan fingerprint density at radius 1 is 1.00 bits per heavy atom. The first-order valence-corrected chi connectivity index (χ1v) is 10.6. The van der Waals surface area contributed by atoms with Crippen molar-refractivity contribution in [3.63, 3.8) is 0 Å². The van der Waals surface area contributed by atoms with Gasteiger partial charge in [-0.25, -0.2) is 4.98 Å². The van der Waals surface area contributed by atoms with Crippen LogP contribution >= 0.6 is 11.3 Å². The lowest BCUT2D eigenvalue weighted by atomic mass is 10.0. The fourth-order valence-corrected chi connectivity index (χ4v) is 4.72. The zero-order valence-corrected chi connectivity index (χ0v) is 17.1. The van der Waals surface area contributed by atoms with Crippen LogP contribution < -0.4 is 10.3 Å². The van der Waals surface area contributed by atoms with E-state index in [2.05, 4.69) is 41.9 Å². The van der Waals surface area contributed by atoms with Crippen LogP contribution in [0.1, 0.15) is 13.8 Å². The number of aromatic nitrogens is 1. The van der Waals surface area contributed by atoms with Crippen LogP contribution in [0.15, 0.2) is 69.9 Å². The number of hydrogen-bond donors (Lipinski definition) is 0. The van der Waals surface area contributed by atoms with Crippen molar-refractivity contribution in [2.75, 3.05) is 18.0 Å². The lowest BCUT2D eigenvalue weighted by Gasteiger charge is -2.21. The first kappa shape index (κ1) is 17.9. The van der Waals surface area contributed by atoms with Crippen molar-refractivity contribution in [1.29, 1.82) is 0 Å². The molecule has 2 aliphatic rings. The monoisotopic (exact) mass is 400 g/mol. The van der Waals surface area contributed by atoms with Crippen molar-refractivity contribution >= 4 is 38.2 Å². The number of thiazole rings is 1. The van der Waals surface area contributed by atoms with Gasteiger partial charge in [0.2, 0.25) is 0 Å². The van der Waals surface area contributed by atoms with Gasteiger partial charge < -0.3 is 9.32 Å². The molecule has 0 bridgehead atoms. The average Bonchev–Trinajstić information content (AvgIpc) is 3.16. The zero-order chi connectivity index (χ0) is 20.0. The van der Waals surface area contributed by atoms with Gasteiger partial charge in [0.25, 0.3) is 0 Å². The highest BCUT2D eigenvalue weighted by molar-refractivity contribution is 7.21. The Morgan fingerprint density at radius 2 is 1.83 bits per heavy atom. The first-order chi connectivity index (χ1) is 14.2. The Morgan fingerprint density at radius 3 is 2.62 bits per heavy atom. The Kier molecular flexibility index (Phi) is 4.32. The fourth-order valence-electron chi connectivity index (χ4n) is 3.74. The van der Waals surface area contributed by atoms with Gasteiger partial charge in [-0.05, 0) is 50.2 Å². The largest absolute Gasteiger partial charge is 0.456 e. The van der Waals surface area contributed by atoms with Gasteiger partial charge in [0, 0.05) is 41.9 Å². The van der Waals surface area contributed by atoms with E-state index in [1.54, 1.807) is 6.07 Å². The molecule has 5 rings (SSSR count). The second kappa shape index (κ2) is 7.01. The highest BCUT2D eigenvalue weighted by Crippen LogP contribution is 2.34. The molecular formula is C24H20N2O2S. The number of para-hydroxylation sites is 1. The van der Waals surface area contributed by atoms with Gasteiger partial charge >= 0.3 is 0 Å². The molecule has 0 N–H and O–H groups in total. The van der Waals surface area contributed by atoms with Crippen LogP contribution in [0.3, 0.4) is 0 Å². The molecule has 1 aromatic heterocycles. The molecule has 2 heterocycles. The molecule has 2 aromatic carbocycles. The summed E-state index contributed by atoms with van der Waals surface area (Å²) in [5.74, 6) is 0.601. The lowest BCUT2D eigenvalue weighted by molar-refractivity contribution is 0.618. The lowest BCUT2D eigenvalue weighted by Crippen LogP contribution is -2.21. The summed E-state index contributed by atoms with van der Waals surface area (Å²) in [7, 11) is 0. The highest BCUT2D eigenvalue weighted by Gasteiger charge is 2.16. The van der Waals surface area contributed by atoms with E-state index in [0.717, 1.165) is 50.5 Å². The van der Waals surface area contributed by atoms with E-state index in [9.17, 15) is 4.79 Å². The smallest absolute Gasteiger partial charge is 0.192 e. The van der Waals surface area contributed by atoms with Crippen LogP contribution in [0.5, 0.6) is 0 Å². The molecule has 4 nitrogen and oxygen atoms in total. The topological polar surface area (TPSA) is 46.3 Å². The van der Waals surface area contributed by atoms with Gasteiger partial charge in [0.1, 0.15) is 16.4 Å². The second-order valence-corrected chi connectivity index (χ2v) is 8.04. The van der Waals surface area contributed by atoms with E-state index >= 15 is 0 Å². The molecule has 3 aromatic rings. The molecule has 29 heavy (non-hydrogen) atoms. The molecule has 0 fully saturated rings. The van der Waals surface area contributed by atoms with Crippen LogP contribution in [0.2, 0.25) is 0 Å². The number of nitrogens with zero attached hydrogens (tertiary/aromatic N) is 2. The highest BCUT2D eigenvalue weighted by atomic mass is 32.1. The van der Waals surface area contributed by atoms with Crippen molar-refractivity contribution in [3.05, 3.63) is 70.9 Å². The third-order valence-electron chi connectivity index (χ3n) is 5.29. The summed E-state index contributed by atoms with van der Waals surface area (Å²) in [6.07, 6.45) is 0. The molecule has 0 unspecified atom stereocenters. The minimum absolute atomic E-state index is 0.0699. The molecular weight excluding hydrogens is 380 g/mol. The van der Waals surface area contributed by atoms with Crippen LogP contribution in [-0.2, 0) is 0 Å². The zero-order valence-electron chi connectivity index (χ0n) is 16.3. The van der Waals surface area contributed by atoms with Gasteiger partial charge in [0.05, 0.1) is 15.8 Å². The van der Waals surface area contributed by atoms with Crippen LogP contribution in [0.25, 0.3) is 43.1 Å². The van der Waals surface area contributed by atoms with Crippen molar-refractivity contribution in [2.45, 2.75) is 13.8 Å². The number of benzene rings is 3. The summed E-state index contributed by atoms with van der Waals surface area (Å²) in [6.45, 7) is 6.15. The minimum Gasteiger partial charge on any atom is -0.456 e. The van der Waals surface area contributed by atoms with Crippen molar-refractivity contribution < 1.29 is 4.42 Å². The molecule has 1 aliphatic heterocycles. The van der Waals surface area contributed by atoms with E-state index in [-0.39, 0.29) is 5.43 Å². The van der Waals surface area contributed by atoms with Gasteiger partial charge in [-0.1, -0.05) is 12.1 Å². The molecule has 0 saturated heterocycles. The molecule has 144 valence electrons. The fraction of sp³-hybridized carbons (Fsp3) is 0.167. The predicted octanol–water partition coefficient (Wildman–Crippen LogP) is 6.02.